The molecule has 0 bridgehead atoms. The number of rotatable bonds is 3. The Kier molecular flexibility index (Phi) is 3.47. The van der Waals surface area contributed by atoms with Crippen LogP contribution in [0.5, 0.6) is 0 Å². The molecule has 108 valence electrons. The fraction of sp³-hybridized carbons (Fsp3) is 0.267. The van der Waals surface area contributed by atoms with Crippen molar-refractivity contribution in [3.63, 3.8) is 0 Å². The van der Waals surface area contributed by atoms with Gasteiger partial charge in [-0.15, -0.1) is 16.4 Å². The van der Waals surface area contributed by atoms with E-state index in [2.05, 4.69) is 47.4 Å². The average molecular weight is 300 g/mol. The summed E-state index contributed by atoms with van der Waals surface area (Å²) in [6.45, 7) is 5.96. The van der Waals surface area contributed by atoms with E-state index in [1.807, 2.05) is 5.38 Å². The number of fused-ring (bicyclic) bond motifs is 1. The predicted octanol–water partition coefficient (Wildman–Crippen LogP) is 3.42. The lowest BCUT2D eigenvalue weighted by Crippen LogP contribution is -2.10. The van der Waals surface area contributed by atoms with E-state index in [9.17, 15) is 4.79 Å². The van der Waals surface area contributed by atoms with Crippen molar-refractivity contribution in [2.24, 2.45) is 0 Å². The maximum Gasteiger partial charge on any atom is 0.250 e. The van der Waals surface area contributed by atoms with Crippen LogP contribution in [0.4, 0.5) is 5.95 Å². The molecule has 1 aromatic carbocycles. The summed E-state index contributed by atoms with van der Waals surface area (Å²) in [4.78, 5) is 16.5. The number of nitrogens with one attached hydrogen (secondary N) is 1. The second kappa shape index (κ2) is 5.29. The third-order valence-electron chi connectivity index (χ3n) is 3.31. The van der Waals surface area contributed by atoms with Crippen molar-refractivity contribution in [3.8, 4) is 11.3 Å². The van der Waals surface area contributed by atoms with Crippen LogP contribution < -0.4 is 5.32 Å². The van der Waals surface area contributed by atoms with E-state index < -0.39 is 0 Å². The number of carbonyl (C=O) groups excluding carboxylic acids is 1. The highest BCUT2D eigenvalue weighted by atomic mass is 32.1. The fourth-order valence-corrected chi connectivity index (χ4v) is 3.06. The van der Waals surface area contributed by atoms with Gasteiger partial charge in [0, 0.05) is 17.4 Å². The number of aryl methyl sites for hydroxylation is 2. The molecule has 1 N–H and O–H groups in total. The summed E-state index contributed by atoms with van der Waals surface area (Å²) >= 11 is 1.52. The smallest absolute Gasteiger partial charge is 0.250 e. The van der Waals surface area contributed by atoms with E-state index in [1.54, 1.807) is 11.4 Å². The van der Waals surface area contributed by atoms with Gasteiger partial charge in [-0.1, -0.05) is 30.7 Å². The molecular weight excluding hydrogens is 284 g/mol. The van der Waals surface area contributed by atoms with Crippen LogP contribution in [0, 0.1) is 13.8 Å². The molecule has 0 aliphatic carbocycles. The second-order valence-corrected chi connectivity index (χ2v) is 5.81. The average Bonchev–Trinajstić information content (AvgIpc) is 2.99. The molecule has 5 nitrogen and oxygen atoms in total. The Morgan fingerprint density at radius 1 is 1.38 bits per heavy atom. The summed E-state index contributed by atoms with van der Waals surface area (Å²) < 4.78 is 1.79. The van der Waals surface area contributed by atoms with Crippen LogP contribution in [-0.4, -0.2) is 20.5 Å². The number of hydrogen-bond acceptors (Lipinski definition) is 4. The van der Waals surface area contributed by atoms with Gasteiger partial charge in [0.15, 0.2) is 0 Å². The van der Waals surface area contributed by atoms with Crippen molar-refractivity contribution >= 4 is 28.2 Å². The van der Waals surface area contributed by atoms with Crippen LogP contribution in [0.25, 0.3) is 16.2 Å². The minimum absolute atomic E-state index is 0.0821. The minimum Gasteiger partial charge on any atom is -0.293 e. The summed E-state index contributed by atoms with van der Waals surface area (Å²) in [5.41, 5.74) is 4.56. The maximum atomic E-state index is 11.4. The standard InChI is InChI=1S/C15H16N4OS/c1-4-13(20)16-14-17-15-19(18-14)12(8-21-15)11-6-5-9(2)7-10(11)3/h5-8H,4H2,1-3H3,(H,16,18,20). The summed E-state index contributed by atoms with van der Waals surface area (Å²) in [7, 11) is 0. The number of hydrogen-bond donors (Lipinski definition) is 1. The summed E-state index contributed by atoms with van der Waals surface area (Å²) in [5.74, 6) is 0.279. The van der Waals surface area contributed by atoms with Gasteiger partial charge in [0.25, 0.3) is 0 Å². The Balaban J connectivity index is 2.05. The van der Waals surface area contributed by atoms with Crippen molar-refractivity contribution in [1.29, 1.82) is 0 Å². The monoisotopic (exact) mass is 300 g/mol. The summed E-state index contributed by atoms with van der Waals surface area (Å²) in [6, 6.07) is 6.33. The SMILES string of the molecule is CCC(=O)Nc1nc2scc(-c3ccc(C)cc3C)n2n1. The van der Waals surface area contributed by atoms with Gasteiger partial charge in [0.05, 0.1) is 5.69 Å². The zero-order valence-electron chi connectivity index (χ0n) is 12.2. The van der Waals surface area contributed by atoms with E-state index in [1.165, 1.54) is 22.5 Å². The predicted molar refractivity (Wildman–Crippen MR) is 84.7 cm³/mol. The Morgan fingerprint density at radius 2 is 2.19 bits per heavy atom. The first kappa shape index (κ1) is 13.8. The third kappa shape index (κ3) is 2.54. The zero-order valence-corrected chi connectivity index (χ0v) is 13.0. The fourth-order valence-electron chi connectivity index (χ4n) is 2.23. The highest BCUT2D eigenvalue weighted by Gasteiger charge is 2.14. The number of amides is 1. The van der Waals surface area contributed by atoms with Crippen LogP contribution in [0.15, 0.2) is 23.6 Å². The zero-order chi connectivity index (χ0) is 15.0. The van der Waals surface area contributed by atoms with Gasteiger partial charge in [-0.25, -0.2) is 4.52 Å². The number of benzene rings is 1. The number of carbonyl (C=O) groups is 1. The van der Waals surface area contributed by atoms with Crippen molar-refractivity contribution in [2.75, 3.05) is 5.32 Å². The number of anilines is 1. The second-order valence-electron chi connectivity index (χ2n) is 4.97. The Labute approximate surface area is 126 Å². The van der Waals surface area contributed by atoms with E-state index in [0.717, 1.165) is 16.2 Å². The third-order valence-corrected chi connectivity index (χ3v) is 4.13. The summed E-state index contributed by atoms with van der Waals surface area (Å²) in [6.07, 6.45) is 0.413. The Morgan fingerprint density at radius 3 is 2.90 bits per heavy atom. The van der Waals surface area contributed by atoms with Crippen LogP contribution >= 0.6 is 11.3 Å². The van der Waals surface area contributed by atoms with Gasteiger partial charge < -0.3 is 0 Å². The van der Waals surface area contributed by atoms with E-state index in [-0.39, 0.29) is 5.91 Å². The van der Waals surface area contributed by atoms with Gasteiger partial charge in [-0.05, 0) is 19.4 Å². The molecule has 0 saturated heterocycles. The first-order chi connectivity index (χ1) is 10.1. The normalized spacial score (nSPS) is 11.0. The molecule has 0 radical (unpaired) electrons. The van der Waals surface area contributed by atoms with E-state index in [0.29, 0.717) is 12.4 Å². The van der Waals surface area contributed by atoms with Gasteiger partial charge in [0.1, 0.15) is 0 Å². The first-order valence-electron chi connectivity index (χ1n) is 6.80. The van der Waals surface area contributed by atoms with E-state index in [4.69, 9.17) is 0 Å². The topological polar surface area (TPSA) is 59.3 Å². The lowest BCUT2D eigenvalue weighted by molar-refractivity contribution is -0.115. The van der Waals surface area contributed by atoms with Gasteiger partial charge >= 0.3 is 0 Å². The highest BCUT2D eigenvalue weighted by Crippen LogP contribution is 2.28. The Hall–Kier alpha value is -2.21. The molecule has 0 fully saturated rings. The molecule has 3 rings (SSSR count). The molecule has 6 heteroatoms. The Bertz CT molecular complexity index is 818. The number of aromatic nitrogens is 3. The molecule has 21 heavy (non-hydrogen) atoms. The largest absolute Gasteiger partial charge is 0.293 e. The first-order valence-corrected chi connectivity index (χ1v) is 7.68. The maximum absolute atomic E-state index is 11.4. The van der Waals surface area contributed by atoms with Crippen LogP contribution in [0.2, 0.25) is 0 Å². The lowest BCUT2D eigenvalue weighted by Gasteiger charge is -2.05. The van der Waals surface area contributed by atoms with Crippen molar-refractivity contribution in [3.05, 3.63) is 34.7 Å². The molecular formula is C15H16N4OS. The van der Waals surface area contributed by atoms with Gasteiger partial charge in [-0.2, -0.15) is 4.98 Å². The van der Waals surface area contributed by atoms with Gasteiger partial charge in [-0.3, -0.25) is 10.1 Å². The quantitative estimate of drug-likeness (QED) is 0.806. The number of thiazole rings is 1. The molecule has 2 heterocycles. The molecule has 0 atom stereocenters. The van der Waals surface area contributed by atoms with Gasteiger partial charge in [0.2, 0.25) is 16.8 Å². The van der Waals surface area contributed by atoms with Crippen LogP contribution in [0.1, 0.15) is 24.5 Å². The van der Waals surface area contributed by atoms with Crippen molar-refractivity contribution < 1.29 is 4.79 Å². The molecule has 0 saturated carbocycles. The lowest BCUT2D eigenvalue weighted by atomic mass is 10.0. The van der Waals surface area contributed by atoms with Crippen molar-refractivity contribution in [2.45, 2.75) is 27.2 Å². The molecule has 0 spiro atoms. The molecule has 0 aliphatic heterocycles. The van der Waals surface area contributed by atoms with E-state index >= 15 is 0 Å². The molecule has 2 aromatic heterocycles. The highest BCUT2D eigenvalue weighted by molar-refractivity contribution is 7.15. The molecule has 0 aliphatic rings. The molecule has 3 aromatic rings. The number of nitrogens with zero attached hydrogens (tertiary/aromatic N) is 3. The van der Waals surface area contributed by atoms with Crippen molar-refractivity contribution in [1.82, 2.24) is 14.6 Å². The summed E-state index contributed by atoms with van der Waals surface area (Å²) in [5, 5.41) is 9.12. The minimum atomic E-state index is -0.0821. The molecule has 1 amide bonds. The van der Waals surface area contributed by atoms with Crippen LogP contribution in [-0.2, 0) is 4.79 Å². The molecule has 0 unspecified atom stereocenters. The van der Waals surface area contributed by atoms with Crippen LogP contribution in [0.3, 0.4) is 0 Å².